The molecule has 1 saturated heterocycles. The van der Waals surface area contributed by atoms with Crippen LogP contribution in [0.1, 0.15) is 33.1 Å². The third-order valence-electron chi connectivity index (χ3n) is 3.73. The Kier molecular flexibility index (Phi) is 2.84. The Morgan fingerprint density at radius 2 is 2.40 bits per heavy atom. The van der Waals surface area contributed by atoms with Crippen LogP contribution in [-0.2, 0) is 4.74 Å². The number of fused-ring (bicyclic) bond motifs is 1. The highest BCUT2D eigenvalue weighted by Gasteiger charge is 2.52. The van der Waals surface area contributed by atoms with E-state index in [4.69, 9.17) is 16.3 Å². The van der Waals surface area contributed by atoms with Crippen molar-refractivity contribution in [3.05, 3.63) is 0 Å². The first kappa shape index (κ1) is 11.1. The molecular formula is C11H18ClNO2. The zero-order valence-electron chi connectivity index (χ0n) is 9.25. The highest BCUT2D eigenvalue weighted by Crippen LogP contribution is 2.44. The number of cyclic esters (lactones) is 1. The molecule has 0 radical (unpaired) electrons. The van der Waals surface area contributed by atoms with Gasteiger partial charge in [0.05, 0.1) is 5.54 Å². The molecule has 0 unspecified atom stereocenters. The lowest BCUT2D eigenvalue weighted by atomic mass is 9.79. The third kappa shape index (κ3) is 1.71. The largest absolute Gasteiger partial charge is 0.446 e. The van der Waals surface area contributed by atoms with Crippen molar-refractivity contribution in [2.75, 3.05) is 5.88 Å². The molecule has 3 atom stereocenters. The van der Waals surface area contributed by atoms with Gasteiger partial charge in [0.2, 0.25) is 0 Å². The summed E-state index contributed by atoms with van der Waals surface area (Å²) in [6.07, 6.45) is 2.95. The molecule has 1 saturated carbocycles. The molecule has 1 N–H and O–H groups in total. The Balaban J connectivity index is 2.26. The molecule has 86 valence electrons. The molecule has 4 heteroatoms. The highest BCUT2D eigenvalue weighted by molar-refractivity contribution is 6.18. The predicted octanol–water partition coefficient (Wildman–Crippen LogP) is 2.53. The molecule has 1 aliphatic carbocycles. The summed E-state index contributed by atoms with van der Waals surface area (Å²) in [6.45, 7) is 4.20. The Bertz CT molecular complexity index is 269. The van der Waals surface area contributed by atoms with Crippen molar-refractivity contribution < 1.29 is 9.53 Å². The first-order valence-corrected chi connectivity index (χ1v) is 6.17. The zero-order chi connectivity index (χ0) is 11.1. The fourth-order valence-corrected chi connectivity index (χ4v) is 3.37. The van der Waals surface area contributed by atoms with E-state index in [0.29, 0.717) is 17.7 Å². The van der Waals surface area contributed by atoms with E-state index in [-0.39, 0.29) is 17.7 Å². The van der Waals surface area contributed by atoms with Crippen LogP contribution in [0.3, 0.4) is 0 Å². The van der Waals surface area contributed by atoms with E-state index >= 15 is 0 Å². The van der Waals surface area contributed by atoms with Gasteiger partial charge in [0, 0.05) is 11.8 Å². The SMILES string of the molecule is CC(C)[C@@H]1OC(=O)N[C@@]2(CCl)CCC[C@@H]12. The van der Waals surface area contributed by atoms with Gasteiger partial charge in [-0.3, -0.25) is 0 Å². The van der Waals surface area contributed by atoms with Crippen LogP contribution in [0.2, 0.25) is 0 Å². The lowest BCUT2D eigenvalue weighted by molar-refractivity contribution is -0.0243. The lowest BCUT2D eigenvalue weighted by Gasteiger charge is -2.44. The Morgan fingerprint density at radius 1 is 1.67 bits per heavy atom. The Labute approximate surface area is 95.5 Å². The molecule has 2 rings (SSSR count). The first-order valence-electron chi connectivity index (χ1n) is 5.64. The fraction of sp³-hybridized carbons (Fsp3) is 0.909. The van der Waals surface area contributed by atoms with Crippen LogP contribution in [-0.4, -0.2) is 23.6 Å². The third-order valence-corrected chi connectivity index (χ3v) is 4.21. The Morgan fingerprint density at radius 3 is 3.00 bits per heavy atom. The maximum atomic E-state index is 11.5. The van der Waals surface area contributed by atoms with Crippen molar-refractivity contribution in [1.82, 2.24) is 5.32 Å². The van der Waals surface area contributed by atoms with E-state index < -0.39 is 0 Å². The van der Waals surface area contributed by atoms with E-state index in [1.54, 1.807) is 0 Å². The van der Waals surface area contributed by atoms with E-state index in [1.165, 1.54) is 0 Å². The first-order chi connectivity index (χ1) is 7.09. The number of carbonyl (C=O) groups is 1. The number of hydrogen-bond acceptors (Lipinski definition) is 2. The van der Waals surface area contributed by atoms with E-state index in [0.717, 1.165) is 19.3 Å². The van der Waals surface area contributed by atoms with Crippen LogP contribution in [0.15, 0.2) is 0 Å². The second kappa shape index (κ2) is 3.85. The summed E-state index contributed by atoms with van der Waals surface area (Å²) in [5.41, 5.74) is -0.203. The van der Waals surface area contributed by atoms with Gasteiger partial charge in [0.15, 0.2) is 0 Å². The number of rotatable bonds is 2. The van der Waals surface area contributed by atoms with Crippen LogP contribution in [0.4, 0.5) is 4.79 Å². The van der Waals surface area contributed by atoms with Gasteiger partial charge < -0.3 is 10.1 Å². The van der Waals surface area contributed by atoms with Crippen molar-refractivity contribution >= 4 is 17.7 Å². The summed E-state index contributed by atoms with van der Waals surface area (Å²) in [4.78, 5) is 11.5. The van der Waals surface area contributed by atoms with Crippen molar-refractivity contribution in [2.24, 2.45) is 11.8 Å². The Hall–Kier alpha value is -0.440. The van der Waals surface area contributed by atoms with Gasteiger partial charge >= 0.3 is 6.09 Å². The van der Waals surface area contributed by atoms with Crippen LogP contribution < -0.4 is 5.32 Å². The lowest BCUT2D eigenvalue weighted by Crippen LogP contribution is -2.62. The molecule has 0 aromatic heterocycles. The van der Waals surface area contributed by atoms with E-state index in [1.807, 2.05) is 0 Å². The summed E-state index contributed by atoms with van der Waals surface area (Å²) >= 11 is 6.04. The quantitative estimate of drug-likeness (QED) is 0.742. The van der Waals surface area contributed by atoms with Gasteiger partial charge in [-0.15, -0.1) is 11.6 Å². The number of hydrogen-bond donors (Lipinski definition) is 1. The van der Waals surface area contributed by atoms with Gasteiger partial charge in [-0.1, -0.05) is 20.3 Å². The summed E-state index contributed by atoms with van der Waals surface area (Å²) in [5, 5.41) is 2.93. The summed E-state index contributed by atoms with van der Waals surface area (Å²) in [7, 11) is 0. The molecule has 2 aliphatic rings. The zero-order valence-corrected chi connectivity index (χ0v) is 10.0. The van der Waals surface area contributed by atoms with Gasteiger partial charge in [-0.05, 0) is 18.8 Å². The monoisotopic (exact) mass is 231 g/mol. The van der Waals surface area contributed by atoms with Crippen LogP contribution >= 0.6 is 11.6 Å². The number of carbonyl (C=O) groups excluding carboxylic acids is 1. The minimum absolute atomic E-state index is 0.0278. The molecular weight excluding hydrogens is 214 g/mol. The average molecular weight is 232 g/mol. The number of nitrogens with one attached hydrogen (secondary N) is 1. The minimum Gasteiger partial charge on any atom is -0.446 e. The standard InChI is InChI=1S/C11H18ClNO2/c1-7(2)9-8-4-3-5-11(8,6-12)13-10(14)15-9/h7-9H,3-6H2,1-2H3,(H,13,14)/t8-,9-,11+/m0/s1. The summed E-state index contributed by atoms with van der Waals surface area (Å²) in [6, 6.07) is 0. The van der Waals surface area contributed by atoms with Crippen molar-refractivity contribution in [1.29, 1.82) is 0 Å². The molecule has 0 aromatic carbocycles. The van der Waals surface area contributed by atoms with Gasteiger partial charge in [0.25, 0.3) is 0 Å². The van der Waals surface area contributed by atoms with Crippen LogP contribution in [0, 0.1) is 11.8 Å². The molecule has 2 fully saturated rings. The second-order valence-corrected chi connectivity index (χ2v) is 5.29. The van der Waals surface area contributed by atoms with E-state index in [9.17, 15) is 4.79 Å². The maximum Gasteiger partial charge on any atom is 0.407 e. The van der Waals surface area contributed by atoms with Gasteiger partial charge in [0.1, 0.15) is 6.10 Å². The van der Waals surface area contributed by atoms with Crippen LogP contribution in [0.5, 0.6) is 0 Å². The fourth-order valence-electron chi connectivity index (χ4n) is 2.97. The number of alkyl halides is 1. The highest BCUT2D eigenvalue weighted by atomic mass is 35.5. The molecule has 1 aliphatic heterocycles. The number of ether oxygens (including phenoxy) is 1. The van der Waals surface area contributed by atoms with Crippen molar-refractivity contribution in [3.63, 3.8) is 0 Å². The van der Waals surface area contributed by atoms with Crippen molar-refractivity contribution in [2.45, 2.75) is 44.8 Å². The maximum absolute atomic E-state index is 11.5. The van der Waals surface area contributed by atoms with Crippen molar-refractivity contribution in [3.8, 4) is 0 Å². The van der Waals surface area contributed by atoms with E-state index in [2.05, 4.69) is 19.2 Å². The van der Waals surface area contributed by atoms with Gasteiger partial charge in [-0.25, -0.2) is 4.79 Å². The normalized spacial score (nSPS) is 39.9. The summed E-state index contributed by atoms with van der Waals surface area (Å²) in [5.74, 6) is 1.24. The minimum atomic E-state index is -0.299. The second-order valence-electron chi connectivity index (χ2n) is 5.03. The topological polar surface area (TPSA) is 38.3 Å². The predicted molar refractivity (Wildman–Crippen MR) is 59.0 cm³/mol. The molecule has 0 bridgehead atoms. The molecule has 1 heterocycles. The van der Waals surface area contributed by atoms with Gasteiger partial charge in [-0.2, -0.15) is 0 Å². The molecule has 1 amide bonds. The average Bonchev–Trinajstić information content (AvgIpc) is 2.60. The molecule has 0 spiro atoms. The smallest absolute Gasteiger partial charge is 0.407 e. The molecule has 15 heavy (non-hydrogen) atoms. The number of alkyl carbamates (subject to hydrolysis) is 1. The van der Waals surface area contributed by atoms with Crippen LogP contribution in [0.25, 0.3) is 0 Å². The molecule has 3 nitrogen and oxygen atoms in total. The summed E-state index contributed by atoms with van der Waals surface area (Å²) < 4.78 is 5.38. The number of halogens is 1. The number of amides is 1. The molecule has 0 aromatic rings.